The van der Waals surface area contributed by atoms with Crippen molar-refractivity contribution < 1.29 is 22.7 Å². The van der Waals surface area contributed by atoms with Gasteiger partial charge in [-0.2, -0.15) is 0 Å². The molecule has 1 aromatic carbocycles. The molecular formula is C18H27NO5S. The lowest BCUT2D eigenvalue weighted by atomic mass is 9.98. The molecule has 1 aliphatic heterocycles. The number of carbonyl (C=O) groups excluding carboxylic acids is 1. The second-order valence-corrected chi connectivity index (χ2v) is 8.22. The lowest BCUT2D eigenvalue weighted by molar-refractivity contribution is -0.149. The van der Waals surface area contributed by atoms with E-state index < -0.39 is 10.0 Å². The van der Waals surface area contributed by atoms with Crippen LogP contribution in [0.1, 0.15) is 31.7 Å². The van der Waals surface area contributed by atoms with E-state index in [0.29, 0.717) is 52.2 Å². The Morgan fingerprint density at radius 1 is 1.20 bits per heavy atom. The van der Waals surface area contributed by atoms with Crippen LogP contribution in [0.25, 0.3) is 0 Å². The SMILES string of the molecule is CCOC(=O)C1CCN(S(=O)(=O)CCCOCc2ccccc2)CC1. The molecule has 7 heteroatoms. The van der Waals surface area contributed by atoms with Gasteiger partial charge >= 0.3 is 5.97 Å². The van der Waals surface area contributed by atoms with Crippen LogP contribution in [0.3, 0.4) is 0 Å². The number of hydrogen-bond donors (Lipinski definition) is 0. The normalized spacial score (nSPS) is 16.7. The summed E-state index contributed by atoms with van der Waals surface area (Å²) >= 11 is 0. The second-order valence-electron chi connectivity index (χ2n) is 6.13. The average Bonchev–Trinajstić information content (AvgIpc) is 2.62. The van der Waals surface area contributed by atoms with Crippen LogP contribution in [0.5, 0.6) is 0 Å². The number of carbonyl (C=O) groups is 1. The Kier molecular flexibility index (Phi) is 7.87. The molecule has 6 nitrogen and oxygen atoms in total. The van der Waals surface area contributed by atoms with E-state index in [0.717, 1.165) is 5.56 Å². The Morgan fingerprint density at radius 2 is 1.88 bits per heavy atom. The molecule has 0 unspecified atom stereocenters. The van der Waals surface area contributed by atoms with Crippen LogP contribution in [-0.4, -0.2) is 50.7 Å². The summed E-state index contributed by atoms with van der Waals surface area (Å²) in [5, 5.41) is 0. The highest BCUT2D eigenvalue weighted by atomic mass is 32.2. The summed E-state index contributed by atoms with van der Waals surface area (Å²) in [4.78, 5) is 11.7. The fourth-order valence-corrected chi connectivity index (χ4v) is 4.37. The van der Waals surface area contributed by atoms with E-state index >= 15 is 0 Å². The molecule has 0 aromatic heterocycles. The third-order valence-electron chi connectivity index (χ3n) is 4.27. The van der Waals surface area contributed by atoms with Gasteiger partial charge in [0.05, 0.1) is 24.9 Å². The summed E-state index contributed by atoms with van der Waals surface area (Å²) in [5.74, 6) is -0.319. The summed E-state index contributed by atoms with van der Waals surface area (Å²) in [6, 6.07) is 9.79. The molecule has 0 N–H and O–H groups in total. The Hall–Kier alpha value is -1.44. The first-order valence-electron chi connectivity index (χ1n) is 8.79. The van der Waals surface area contributed by atoms with E-state index in [2.05, 4.69) is 0 Å². The highest BCUT2D eigenvalue weighted by Gasteiger charge is 2.31. The molecule has 1 fully saturated rings. The van der Waals surface area contributed by atoms with Crippen molar-refractivity contribution in [2.45, 2.75) is 32.8 Å². The molecule has 0 amide bonds. The Morgan fingerprint density at radius 3 is 2.52 bits per heavy atom. The Bertz CT molecular complexity index is 624. The van der Waals surface area contributed by atoms with Gasteiger partial charge in [0.25, 0.3) is 0 Å². The van der Waals surface area contributed by atoms with Crippen LogP contribution in [0.15, 0.2) is 30.3 Å². The Labute approximate surface area is 150 Å². The first-order valence-corrected chi connectivity index (χ1v) is 10.4. The van der Waals surface area contributed by atoms with Crippen LogP contribution in [0.2, 0.25) is 0 Å². The van der Waals surface area contributed by atoms with Gasteiger partial charge in [-0.3, -0.25) is 4.79 Å². The summed E-state index contributed by atoms with van der Waals surface area (Å²) in [5.41, 5.74) is 1.08. The lowest BCUT2D eigenvalue weighted by Gasteiger charge is -2.30. The molecule has 0 bridgehead atoms. The quantitative estimate of drug-likeness (QED) is 0.493. The van der Waals surface area contributed by atoms with E-state index in [9.17, 15) is 13.2 Å². The first-order chi connectivity index (χ1) is 12.0. The van der Waals surface area contributed by atoms with Crippen LogP contribution in [0, 0.1) is 5.92 Å². The van der Waals surface area contributed by atoms with Crippen LogP contribution >= 0.6 is 0 Å². The van der Waals surface area contributed by atoms with Crippen LogP contribution in [-0.2, 0) is 30.9 Å². The fourth-order valence-electron chi connectivity index (χ4n) is 2.87. The molecular weight excluding hydrogens is 342 g/mol. The molecule has 1 aliphatic rings. The summed E-state index contributed by atoms with van der Waals surface area (Å²) in [6.07, 6.45) is 1.53. The van der Waals surface area contributed by atoms with E-state index in [-0.39, 0.29) is 17.6 Å². The molecule has 0 saturated carbocycles. The van der Waals surface area contributed by atoms with Gasteiger partial charge in [0.15, 0.2) is 0 Å². The van der Waals surface area contributed by atoms with Crippen LogP contribution in [0.4, 0.5) is 0 Å². The van der Waals surface area contributed by atoms with Crippen molar-refractivity contribution in [2.24, 2.45) is 5.92 Å². The smallest absolute Gasteiger partial charge is 0.309 e. The molecule has 140 valence electrons. The standard InChI is InChI=1S/C18H27NO5S/c1-2-24-18(20)17-9-11-19(12-10-17)25(21,22)14-6-13-23-15-16-7-4-3-5-8-16/h3-5,7-8,17H,2,6,9-15H2,1H3. The largest absolute Gasteiger partial charge is 0.466 e. The van der Waals surface area contributed by atoms with Crippen molar-refractivity contribution in [2.75, 3.05) is 32.1 Å². The van der Waals surface area contributed by atoms with E-state index in [4.69, 9.17) is 9.47 Å². The number of ether oxygens (including phenoxy) is 2. The van der Waals surface area contributed by atoms with Crippen molar-refractivity contribution >= 4 is 16.0 Å². The average molecular weight is 369 g/mol. The number of piperidine rings is 1. The molecule has 0 radical (unpaired) electrons. The Balaban J connectivity index is 1.67. The van der Waals surface area contributed by atoms with Gasteiger partial charge in [0.2, 0.25) is 10.0 Å². The third-order valence-corrected chi connectivity index (χ3v) is 6.23. The van der Waals surface area contributed by atoms with Gasteiger partial charge in [0.1, 0.15) is 0 Å². The second kappa shape index (κ2) is 9.89. The number of nitrogens with zero attached hydrogens (tertiary/aromatic N) is 1. The maximum absolute atomic E-state index is 12.4. The number of esters is 1. The molecule has 1 heterocycles. The minimum atomic E-state index is -3.29. The zero-order valence-electron chi connectivity index (χ0n) is 14.7. The van der Waals surface area contributed by atoms with Gasteiger partial charge in [-0.05, 0) is 31.7 Å². The van der Waals surface area contributed by atoms with Crippen molar-refractivity contribution in [1.29, 1.82) is 0 Å². The lowest BCUT2D eigenvalue weighted by Crippen LogP contribution is -2.41. The van der Waals surface area contributed by atoms with Gasteiger partial charge in [-0.25, -0.2) is 12.7 Å². The first kappa shape index (κ1) is 19.9. The molecule has 1 saturated heterocycles. The topological polar surface area (TPSA) is 72.9 Å². The van der Waals surface area contributed by atoms with Crippen LogP contribution < -0.4 is 0 Å². The van der Waals surface area contributed by atoms with E-state index in [1.54, 1.807) is 6.92 Å². The molecule has 0 atom stereocenters. The molecule has 1 aromatic rings. The van der Waals surface area contributed by atoms with Gasteiger partial charge in [-0.1, -0.05) is 30.3 Å². The highest BCUT2D eigenvalue weighted by Crippen LogP contribution is 2.21. The maximum Gasteiger partial charge on any atom is 0.309 e. The monoisotopic (exact) mass is 369 g/mol. The fraction of sp³-hybridized carbons (Fsp3) is 0.611. The summed E-state index contributed by atoms with van der Waals surface area (Å²) in [7, 11) is -3.29. The molecule has 25 heavy (non-hydrogen) atoms. The van der Waals surface area contributed by atoms with E-state index in [1.807, 2.05) is 30.3 Å². The number of benzene rings is 1. The minimum Gasteiger partial charge on any atom is -0.466 e. The number of rotatable bonds is 9. The van der Waals surface area contributed by atoms with Gasteiger partial charge in [0, 0.05) is 19.7 Å². The number of sulfonamides is 1. The van der Waals surface area contributed by atoms with Crippen molar-refractivity contribution in [3.63, 3.8) is 0 Å². The minimum absolute atomic E-state index is 0.0753. The zero-order valence-corrected chi connectivity index (χ0v) is 15.5. The van der Waals surface area contributed by atoms with Gasteiger partial charge < -0.3 is 9.47 Å². The van der Waals surface area contributed by atoms with Gasteiger partial charge in [-0.15, -0.1) is 0 Å². The number of hydrogen-bond acceptors (Lipinski definition) is 5. The van der Waals surface area contributed by atoms with Crippen molar-refractivity contribution in [1.82, 2.24) is 4.31 Å². The van der Waals surface area contributed by atoms with Crippen molar-refractivity contribution in [3.05, 3.63) is 35.9 Å². The van der Waals surface area contributed by atoms with Crippen molar-refractivity contribution in [3.8, 4) is 0 Å². The third kappa shape index (κ3) is 6.41. The summed E-state index contributed by atoms with van der Waals surface area (Å²) in [6.45, 7) is 3.81. The highest BCUT2D eigenvalue weighted by molar-refractivity contribution is 7.89. The molecule has 2 rings (SSSR count). The molecule has 0 aliphatic carbocycles. The van der Waals surface area contributed by atoms with E-state index in [1.165, 1.54) is 4.31 Å². The molecule has 0 spiro atoms. The maximum atomic E-state index is 12.4. The predicted molar refractivity (Wildman–Crippen MR) is 95.4 cm³/mol. The predicted octanol–water partition coefficient (Wildman–Crippen LogP) is 2.20. The zero-order chi connectivity index (χ0) is 18.1. The summed E-state index contributed by atoms with van der Waals surface area (Å²) < 4.78 is 36.8.